The highest BCUT2D eigenvalue weighted by atomic mass is 79.9. The molecule has 106 valence electrons. The van der Waals surface area contributed by atoms with E-state index in [2.05, 4.69) is 15.9 Å². The maximum Gasteiger partial charge on any atom is 0.239 e. The molecule has 0 spiro atoms. The van der Waals surface area contributed by atoms with Crippen LogP contribution in [0.1, 0.15) is 11.6 Å². The average Bonchev–Trinajstić information content (AvgIpc) is 2.25. The zero-order valence-electron chi connectivity index (χ0n) is 10.8. The molecule has 0 fully saturated rings. The third-order valence-corrected chi connectivity index (χ3v) is 4.11. The molecule has 0 aliphatic carbocycles. The number of likely N-dealkylation sites (N-methyl/N-ethyl adjacent to an activating group) is 1. The Bertz CT molecular complexity index is 560. The molecule has 0 saturated heterocycles. The van der Waals surface area contributed by atoms with Gasteiger partial charge < -0.3 is 5.73 Å². The highest BCUT2D eigenvalue weighted by molar-refractivity contribution is 9.10. The molecular weight excluding hydrogens is 332 g/mol. The quantitative estimate of drug-likeness (QED) is 0.829. The molecule has 0 saturated carbocycles. The van der Waals surface area contributed by atoms with Gasteiger partial charge in [-0.3, -0.25) is 9.69 Å². The lowest BCUT2D eigenvalue weighted by molar-refractivity contribution is -0.122. The number of carbonyl (C=O) groups is 1. The van der Waals surface area contributed by atoms with Crippen molar-refractivity contribution in [1.82, 2.24) is 4.90 Å². The molecule has 7 heteroatoms. The molecule has 0 aromatic heterocycles. The van der Waals surface area contributed by atoms with Gasteiger partial charge in [-0.15, -0.1) is 0 Å². The van der Waals surface area contributed by atoms with Gasteiger partial charge in [0, 0.05) is 17.3 Å². The molecule has 0 aliphatic rings. The van der Waals surface area contributed by atoms with E-state index in [1.54, 1.807) is 30.1 Å². The minimum atomic E-state index is -3.07. The minimum Gasteiger partial charge on any atom is -0.368 e. The second-order valence-corrected chi connectivity index (χ2v) is 7.65. The van der Waals surface area contributed by atoms with Gasteiger partial charge in [-0.2, -0.15) is 0 Å². The number of hydrogen-bond donors (Lipinski definition) is 1. The first kappa shape index (κ1) is 16.1. The van der Waals surface area contributed by atoms with Crippen molar-refractivity contribution in [3.05, 3.63) is 34.3 Å². The molecule has 1 aromatic carbocycles. The first-order valence-electron chi connectivity index (χ1n) is 5.63. The van der Waals surface area contributed by atoms with E-state index in [9.17, 15) is 13.2 Å². The average molecular weight is 349 g/mol. The second-order valence-electron chi connectivity index (χ2n) is 4.47. The highest BCUT2D eigenvalue weighted by Crippen LogP contribution is 2.22. The van der Waals surface area contributed by atoms with Gasteiger partial charge in [0.05, 0.1) is 5.75 Å². The number of halogens is 1. The highest BCUT2D eigenvalue weighted by Gasteiger charge is 2.23. The molecule has 1 atom stereocenters. The maximum absolute atomic E-state index is 11.6. The molecule has 5 nitrogen and oxygen atoms in total. The summed E-state index contributed by atoms with van der Waals surface area (Å²) in [4.78, 5) is 13.2. The summed E-state index contributed by atoms with van der Waals surface area (Å²) in [7, 11) is -1.39. The minimum absolute atomic E-state index is 0.0126. The van der Waals surface area contributed by atoms with E-state index < -0.39 is 21.8 Å². The van der Waals surface area contributed by atoms with E-state index >= 15 is 0 Å². The van der Waals surface area contributed by atoms with Crippen LogP contribution in [-0.2, 0) is 14.6 Å². The van der Waals surface area contributed by atoms with Gasteiger partial charge in [0.2, 0.25) is 5.91 Å². The molecule has 0 radical (unpaired) electrons. The third kappa shape index (κ3) is 5.30. The summed E-state index contributed by atoms with van der Waals surface area (Å²) in [5.41, 5.74) is 6.15. The van der Waals surface area contributed by atoms with Crippen molar-refractivity contribution in [2.24, 2.45) is 5.73 Å². The van der Waals surface area contributed by atoms with Crippen LogP contribution in [0.3, 0.4) is 0 Å². The third-order valence-electron chi connectivity index (χ3n) is 2.69. The Balaban J connectivity index is 2.92. The fourth-order valence-electron chi connectivity index (χ4n) is 1.75. The van der Waals surface area contributed by atoms with Crippen molar-refractivity contribution in [2.45, 2.75) is 6.04 Å². The molecule has 2 N–H and O–H groups in total. The van der Waals surface area contributed by atoms with Crippen molar-refractivity contribution < 1.29 is 13.2 Å². The summed E-state index contributed by atoms with van der Waals surface area (Å²) in [6.07, 6.45) is 1.17. The number of benzene rings is 1. The first-order chi connectivity index (χ1) is 8.70. The number of carbonyl (C=O) groups excluding carboxylic acids is 1. The lowest BCUT2D eigenvalue weighted by Crippen LogP contribution is -2.37. The van der Waals surface area contributed by atoms with Gasteiger partial charge in [-0.1, -0.05) is 28.1 Å². The largest absolute Gasteiger partial charge is 0.368 e. The molecule has 0 aliphatic heterocycles. The number of sulfone groups is 1. The molecule has 0 bridgehead atoms. The van der Waals surface area contributed by atoms with Crippen LogP contribution in [0.5, 0.6) is 0 Å². The van der Waals surface area contributed by atoms with Gasteiger partial charge in [0.25, 0.3) is 0 Å². The number of hydrogen-bond acceptors (Lipinski definition) is 4. The second kappa shape index (κ2) is 6.49. The fraction of sp³-hybridized carbons (Fsp3) is 0.417. The maximum atomic E-state index is 11.6. The zero-order chi connectivity index (χ0) is 14.6. The summed E-state index contributed by atoms with van der Waals surface area (Å²) < 4.78 is 23.2. The smallest absolute Gasteiger partial charge is 0.239 e. The zero-order valence-corrected chi connectivity index (χ0v) is 13.2. The van der Waals surface area contributed by atoms with Crippen LogP contribution in [0.2, 0.25) is 0 Å². The Hall–Kier alpha value is -0.920. The molecule has 0 unspecified atom stereocenters. The summed E-state index contributed by atoms with van der Waals surface area (Å²) >= 11 is 3.33. The van der Waals surface area contributed by atoms with Gasteiger partial charge in [0.1, 0.15) is 15.9 Å². The topological polar surface area (TPSA) is 80.5 Å². The van der Waals surface area contributed by atoms with Crippen LogP contribution in [0.4, 0.5) is 0 Å². The Morgan fingerprint density at radius 3 is 2.58 bits per heavy atom. The predicted molar refractivity (Wildman–Crippen MR) is 78.4 cm³/mol. The van der Waals surface area contributed by atoms with E-state index in [-0.39, 0.29) is 12.3 Å². The fourth-order valence-corrected chi connectivity index (χ4v) is 2.79. The van der Waals surface area contributed by atoms with Crippen LogP contribution >= 0.6 is 15.9 Å². The van der Waals surface area contributed by atoms with Crippen LogP contribution in [0.25, 0.3) is 0 Å². The number of nitrogens with two attached hydrogens (primary N) is 1. The normalized spacial score (nSPS) is 13.5. The molecular formula is C12H17BrN2O3S. The molecule has 0 heterocycles. The van der Waals surface area contributed by atoms with Gasteiger partial charge >= 0.3 is 0 Å². The monoisotopic (exact) mass is 348 g/mol. The van der Waals surface area contributed by atoms with E-state index in [1.807, 2.05) is 6.07 Å². The SMILES string of the molecule is CN(CCS(C)(=O)=O)[C@@H](C(N)=O)c1cccc(Br)c1. The van der Waals surface area contributed by atoms with E-state index in [0.29, 0.717) is 0 Å². The summed E-state index contributed by atoms with van der Waals surface area (Å²) in [6, 6.07) is 6.60. The van der Waals surface area contributed by atoms with Gasteiger partial charge in [-0.25, -0.2) is 8.42 Å². The van der Waals surface area contributed by atoms with Crippen LogP contribution in [-0.4, -0.2) is 44.8 Å². The van der Waals surface area contributed by atoms with E-state index in [4.69, 9.17) is 5.73 Å². The van der Waals surface area contributed by atoms with Crippen LogP contribution in [0.15, 0.2) is 28.7 Å². The molecule has 1 aromatic rings. The van der Waals surface area contributed by atoms with Crippen molar-refractivity contribution in [3.63, 3.8) is 0 Å². The Labute approximate surface area is 121 Å². The van der Waals surface area contributed by atoms with Crippen molar-refractivity contribution >= 4 is 31.7 Å². The van der Waals surface area contributed by atoms with Gasteiger partial charge in [-0.05, 0) is 24.7 Å². The molecule has 1 amide bonds. The van der Waals surface area contributed by atoms with Crippen molar-refractivity contribution in [3.8, 4) is 0 Å². The number of nitrogens with zero attached hydrogens (tertiary/aromatic N) is 1. The number of rotatable bonds is 6. The standard InChI is InChI=1S/C12H17BrN2O3S/c1-15(6-7-19(2,17)18)11(12(14)16)9-4-3-5-10(13)8-9/h3-5,8,11H,6-7H2,1-2H3,(H2,14,16)/t11-/m1/s1. The van der Waals surface area contributed by atoms with E-state index in [1.165, 1.54) is 6.26 Å². The Kier molecular flexibility index (Phi) is 5.51. The number of primary amides is 1. The van der Waals surface area contributed by atoms with Crippen molar-refractivity contribution in [2.75, 3.05) is 25.6 Å². The van der Waals surface area contributed by atoms with Crippen LogP contribution in [0, 0.1) is 0 Å². The summed E-state index contributed by atoms with van der Waals surface area (Å²) in [5.74, 6) is -0.518. The van der Waals surface area contributed by atoms with E-state index in [0.717, 1.165) is 10.0 Å². The lowest BCUT2D eigenvalue weighted by atomic mass is 10.1. The van der Waals surface area contributed by atoms with Crippen molar-refractivity contribution in [1.29, 1.82) is 0 Å². The summed E-state index contributed by atoms with van der Waals surface area (Å²) in [5, 5.41) is 0. The lowest BCUT2D eigenvalue weighted by Gasteiger charge is -2.25. The molecule has 19 heavy (non-hydrogen) atoms. The Morgan fingerprint density at radius 2 is 2.11 bits per heavy atom. The predicted octanol–water partition coefficient (Wildman–Crippen LogP) is 0.952. The molecule has 1 rings (SSSR count). The number of amides is 1. The summed E-state index contributed by atoms with van der Waals surface area (Å²) in [6.45, 7) is 0.249. The Morgan fingerprint density at radius 1 is 1.47 bits per heavy atom. The van der Waals surface area contributed by atoms with Crippen LogP contribution < -0.4 is 5.73 Å². The first-order valence-corrected chi connectivity index (χ1v) is 8.49. The van der Waals surface area contributed by atoms with Gasteiger partial charge in [0.15, 0.2) is 0 Å².